The van der Waals surface area contributed by atoms with Gasteiger partial charge in [-0.3, -0.25) is 14.3 Å². The molecule has 0 saturated carbocycles. The highest BCUT2D eigenvalue weighted by molar-refractivity contribution is 7.17. The summed E-state index contributed by atoms with van der Waals surface area (Å²) in [5.74, 6) is -1.13. The Morgan fingerprint density at radius 2 is 1.83 bits per heavy atom. The minimum absolute atomic E-state index is 0.0834. The zero-order chi connectivity index (χ0) is 21.7. The number of amides is 1. The third kappa shape index (κ3) is 3.83. The summed E-state index contributed by atoms with van der Waals surface area (Å²) in [6.45, 7) is 0.979. The summed E-state index contributed by atoms with van der Waals surface area (Å²) in [5.41, 5.74) is -3.01. The van der Waals surface area contributed by atoms with E-state index in [9.17, 15) is 35.9 Å². The zero-order valence-corrected chi connectivity index (χ0v) is 15.5. The molecule has 3 aromatic rings. The van der Waals surface area contributed by atoms with Crippen molar-refractivity contribution in [1.82, 2.24) is 24.5 Å². The fourth-order valence-corrected chi connectivity index (χ4v) is 3.59. The highest BCUT2D eigenvalue weighted by Gasteiger charge is 2.40. The minimum Gasteiger partial charge on any atom is -0.354 e. The van der Waals surface area contributed by atoms with Crippen LogP contribution >= 0.6 is 11.3 Å². The first-order valence-electron chi connectivity index (χ1n) is 7.79. The summed E-state index contributed by atoms with van der Waals surface area (Å²) in [4.78, 5) is 26.5. The Labute approximate surface area is 161 Å². The summed E-state index contributed by atoms with van der Waals surface area (Å²) < 4.78 is 79.7. The van der Waals surface area contributed by atoms with Crippen LogP contribution in [0.3, 0.4) is 0 Å². The molecule has 0 atom stereocenters. The first-order chi connectivity index (χ1) is 13.3. The third-order valence-corrected chi connectivity index (χ3v) is 4.94. The fraction of sp³-hybridized carbons (Fsp3) is 0.333. The molecule has 1 amide bonds. The van der Waals surface area contributed by atoms with Crippen molar-refractivity contribution in [2.24, 2.45) is 0 Å². The predicted octanol–water partition coefficient (Wildman–Crippen LogP) is 2.71. The SMILES string of the molecule is CNC(=O)c1c(C(F)(F)F)sc2nc(Cn3nc(C(F)(F)F)cc3C)cc(=O)n12. The predicted molar refractivity (Wildman–Crippen MR) is 88.8 cm³/mol. The monoisotopic (exact) mass is 439 g/mol. The normalized spacial score (nSPS) is 12.6. The summed E-state index contributed by atoms with van der Waals surface area (Å²) in [6, 6.07) is 1.64. The van der Waals surface area contributed by atoms with E-state index in [2.05, 4.69) is 10.1 Å². The molecule has 3 rings (SSSR count). The molecule has 0 saturated heterocycles. The van der Waals surface area contributed by atoms with Crippen LogP contribution in [0, 0.1) is 6.92 Å². The molecule has 3 heterocycles. The van der Waals surface area contributed by atoms with E-state index in [0.717, 1.165) is 23.9 Å². The topological polar surface area (TPSA) is 81.3 Å². The number of fused-ring (bicyclic) bond motifs is 1. The molecule has 0 fully saturated rings. The average Bonchev–Trinajstić information content (AvgIpc) is 3.15. The quantitative estimate of drug-likeness (QED) is 0.637. The first-order valence-corrected chi connectivity index (χ1v) is 8.61. The Bertz CT molecular complexity index is 1160. The molecule has 0 aromatic carbocycles. The number of thiazole rings is 1. The van der Waals surface area contributed by atoms with Gasteiger partial charge in [0.25, 0.3) is 11.5 Å². The van der Waals surface area contributed by atoms with Gasteiger partial charge < -0.3 is 5.32 Å². The Morgan fingerprint density at radius 1 is 1.17 bits per heavy atom. The van der Waals surface area contributed by atoms with Crippen molar-refractivity contribution in [2.45, 2.75) is 25.8 Å². The maximum absolute atomic E-state index is 13.3. The van der Waals surface area contributed by atoms with Crippen LogP contribution in [0.5, 0.6) is 0 Å². The molecule has 1 N–H and O–H groups in total. The number of rotatable bonds is 3. The molecule has 0 aliphatic heterocycles. The molecule has 0 aliphatic carbocycles. The van der Waals surface area contributed by atoms with Gasteiger partial charge in [-0.2, -0.15) is 31.4 Å². The van der Waals surface area contributed by atoms with E-state index in [1.165, 1.54) is 6.92 Å². The lowest BCUT2D eigenvalue weighted by molar-refractivity contribution is -0.141. The van der Waals surface area contributed by atoms with Crippen LogP contribution in [-0.4, -0.2) is 32.1 Å². The Hall–Kier alpha value is -2.90. The zero-order valence-electron chi connectivity index (χ0n) is 14.6. The van der Waals surface area contributed by atoms with Gasteiger partial charge in [0.2, 0.25) is 0 Å². The van der Waals surface area contributed by atoms with Crippen molar-refractivity contribution < 1.29 is 31.1 Å². The molecule has 0 aliphatic rings. The molecule has 29 heavy (non-hydrogen) atoms. The molecule has 7 nitrogen and oxygen atoms in total. The number of aromatic nitrogens is 4. The standard InChI is InChI=1S/C15H11F6N5O2S/c1-6-3-8(14(16,17)18)24-25(6)5-7-4-9(27)26-10(12(28)22-2)11(15(19,20)21)29-13(26)23-7/h3-4H,5H2,1-2H3,(H,22,28). The van der Waals surface area contributed by atoms with Gasteiger partial charge in [0.05, 0.1) is 12.2 Å². The van der Waals surface area contributed by atoms with Gasteiger partial charge in [-0.1, -0.05) is 11.3 Å². The van der Waals surface area contributed by atoms with Crippen molar-refractivity contribution in [3.05, 3.63) is 50.1 Å². The lowest BCUT2D eigenvalue weighted by Gasteiger charge is -2.07. The van der Waals surface area contributed by atoms with Crippen molar-refractivity contribution in [1.29, 1.82) is 0 Å². The van der Waals surface area contributed by atoms with E-state index in [1.807, 2.05) is 5.32 Å². The smallest absolute Gasteiger partial charge is 0.354 e. The van der Waals surface area contributed by atoms with Crippen molar-refractivity contribution in [2.75, 3.05) is 7.05 Å². The van der Waals surface area contributed by atoms with E-state index in [-0.39, 0.29) is 29.3 Å². The number of hydrogen-bond acceptors (Lipinski definition) is 5. The van der Waals surface area contributed by atoms with Gasteiger partial charge in [-0.15, -0.1) is 0 Å². The second-order valence-corrected chi connectivity index (χ2v) is 6.86. The Morgan fingerprint density at radius 3 is 2.34 bits per heavy atom. The first kappa shape index (κ1) is 20.8. The van der Waals surface area contributed by atoms with E-state index in [4.69, 9.17) is 0 Å². The summed E-state index contributed by atoms with van der Waals surface area (Å²) in [5, 5.41) is 5.43. The van der Waals surface area contributed by atoms with Crippen molar-refractivity contribution in [3.63, 3.8) is 0 Å². The summed E-state index contributed by atoms with van der Waals surface area (Å²) in [6.07, 6.45) is -9.59. The van der Waals surface area contributed by atoms with Crippen LogP contribution in [0.15, 0.2) is 16.9 Å². The fourth-order valence-electron chi connectivity index (χ4n) is 2.58. The minimum atomic E-state index is -4.91. The molecule has 14 heteroatoms. The number of aryl methyl sites for hydroxylation is 1. The van der Waals surface area contributed by atoms with Crippen LogP contribution in [0.4, 0.5) is 26.3 Å². The second-order valence-electron chi connectivity index (χ2n) is 5.89. The van der Waals surface area contributed by atoms with E-state index < -0.39 is 45.0 Å². The third-order valence-electron chi connectivity index (χ3n) is 3.86. The number of nitrogens with one attached hydrogen (secondary N) is 1. The molecule has 156 valence electrons. The molecule has 0 unspecified atom stereocenters. The molecule has 0 spiro atoms. The lowest BCUT2D eigenvalue weighted by atomic mass is 10.3. The number of hydrogen-bond donors (Lipinski definition) is 1. The molecular weight excluding hydrogens is 428 g/mol. The maximum atomic E-state index is 13.3. The van der Waals surface area contributed by atoms with Gasteiger partial charge in [0.15, 0.2) is 10.7 Å². The Kier molecular flexibility index (Phi) is 4.93. The molecular formula is C15H11F6N5O2S. The second kappa shape index (κ2) is 6.86. The van der Waals surface area contributed by atoms with Crippen molar-refractivity contribution in [3.8, 4) is 0 Å². The summed E-state index contributed by atoms with van der Waals surface area (Å²) in [7, 11) is 1.11. The summed E-state index contributed by atoms with van der Waals surface area (Å²) >= 11 is 0.0834. The highest BCUT2D eigenvalue weighted by atomic mass is 32.1. The van der Waals surface area contributed by atoms with Crippen LogP contribution < -0.4 is 10.9 Å². The largest absolute Gasteiger partial charge is 0.435 e. The van der Waals surface area contributed by atoms with Gasteiger partial charge >= 0.3 is 12.4 Å². The van der Waals surface area contributed by atoms with Crippen molar-refractivity contribution >= 4 is 22.2 Å². The van der Waals surface area contributed by atoms with Crippen LogP contribution in [-0.2, 0) is 18.9 Å². The molecule has 3 aromatic heterocycles. The van der Waals surface area contributed by atoms with Crippen LogP contribution in [0.2, 0.25) is 0 Å². The van der Waals surface area contributed by atoms with E-state index in [0.29, 0.717) is 4.40 Å². The van der Waals surface area contributed by atoms with E-state index >= 15 is 0 Å². The number of carbonyl (C=O) groups is 1. The lowest BCUT2D eigenvalue weighted by Crippen LogP contribution is -2.27. The average molecular weight is 439 g/mol. The van der Waals surface area contributed by atoms with Gasteiger partial charge in [-0.05, 0) is 13.0 Å². The highest BCUT2D eigenvalue weighted by Crippen LogP contribution is 2.37. The molecule has 0 bridgehead atoms. The van der Waals surface area contributed by atoms with Gasteiger partial charge in [-0.25, -0.2) is 9.38 Å². The van der Waals surface area contributed by atoms with Gasteiger partial charge in [0.1, 0.15) is 10.6 Å². The Balaban J connectivity index is 2.13. The maximum Gasteiger partial charge on any atom is 0.435 e. The number of nitrogens with zero attached hydrogens (tertiary/aromatic N) is 4. The van der Waals surface area contributed by atoms with E-state index in [1.54, 1.807) is 0 Å². The molecule has 0 radical (unpaired) electrons. The van der Waals surface area contributed by atoms with Gasteiger partial charge in [0, 0.05) is 18.8 Å². The number of halogens is 6. The number of alkyl halides is 6. The van der Waals surface area contributed by atoms with Crippen LogP contribution in [0.25, 0.3) is 4.96 Å². The number of carbonyl (C=O) groups excluding carboxylic acids is 1. The van der Waals surface area contributed by atoms with Crippen LogP contribution in [0.1, 0.15) is 32.4 Å².